The zero-order chi connectivity index (χ0) is 24.1. The molecule has 6 atom stereocenters. The van der Waals surface area contributed by atoms with Gasteiger partial charge < -0.3 is 23.8 Å². The van der Waals surface area contributed by atoms with Gasteiger partial charge >= 0.3 is 0 Å². The highest BCUT2D eigenvalue weighted by Gasteiger charge is 2.82. The monoisotopic (exact) mass is 475 g/mol. The number of piperidine rings is 1. The Bertz CT molecular complexity index is 1170. The third-order valence-corrected chi connectivity index (χ3v) is 10.9. The molecule has 0 radical (unpaired) electrons. The molecule has 0 amide bonds. The minimum Gasteiger partial charge on any atom is -0.493 e. The predicted molar refractivity (Wildman–Crippen MR) is 134 cm³/mol. The van der Waals surface area contributed by atoms with E-state index in [0.717, 1.165) is 43.7 Å². The van der Waals surface area contributed by atoms with Crippen molar-refractivity contribution in [3.63, 3.8) is 0 Å². The van der Waals surface area contributed by atoms with E-state index in [1.54, 1.807) is 7.11 Å². The first-order valence-electron chi connectivity index (χ1n) is 13.2. The fourth-order valence-electron chi connectivity index (χ4n) is 9.54. The van der Waals surface area contributed by atoms with Crippen LogP contribution in [0.15, 0.2) is 42.5 Å². The molecule has 35 heavy (non-hydrogen) atoms. The molecule has 186 valence electrons. The molecule has 5 nitrogen and oxygen atoms in total. The van der Waals surface area contributed by atoms with E-state index in [1.807, 2.05) is 7.11 Å². The molecule has 8 rings (SSSR count). The molecular formula is C30H37NO4. The van der Waals surface area contributed by atoms with Crippen molar-refractivity contribution in [1.82, 2.24) is 4.90 Å². The van der Waals surface area contributed by atoms with Crippen LogP contribution < -0.4 is 9.47 Å². The van der Waals surface area contributed by atoms with E-state index in [4.69, 9.17) is 18.9 Å². The van der Waals surface area contributed by atoms with Gasteiger partial charge in [-0.05, 0) is 62.9 Å². The molecule has 6 aliphatic rings. The highest BCUT2D eigenvalue weighted by molar-refractivity contribution is 5.63. The maximum Gasteiger partial charge on any atom is 0.165 e. The molecule has 4 bridgehead atoms. The average Bonchev–Trinajstić information content (AvgIpc) is 3.23. The Kier molecular flexibility index (Phi) is 4.58. The zero-order valence-corrected chi connectivity index (χ0v) is 21.4. The summed E-state index contributed by atoms with van der Waals surface area (Å²) in [6.45, 7) is 4.80. The van der Waals surface area contributed by atoms with Crippen LogP contribution in [0.25, 0.3) is 0 Å². The Morgan fingerprint density at radius 1 is 1.06 bits per heavy atom. The summed E-state index contributed by atoms with van der Waals surface area (Å²) in [6, 6.07) is 15.4. The maximum absolute atomic E-state index is 7.09. The second kappa shape index (κ2) is 7.24. The zero-order valence-electron chi connectivity index (χ0n) is 21.4. The number of benzene rings is 2. The van der Waals surface area contributed by atoms with Gasteiger partial charge in [0.05, 0.1) is 20.3 Å². The Hall–Kier alpha value is -2.08. The van der Waals surface area contributed by atoms with Gasteiger partial charge in [0.25, 0.3) is 0 Å². The smallest absolute Gasteiger partial charge is 0.165 e. The van der Waals surface area contributed by atoms with Gasteiger partial charge in [-0.15, -0.1) is 0 Å². The topological polar surface area (TPSA) is 40.2 Å². The van der Waals surface area contributed by atoms with Crippen molar-refractivity contribution < 1.29 is 18.9 Å². The summed E-state index contributed by atoms with van der Waals surface area (Å²) in [6.07, 6.45) is 5.48. The summed E-state index contributed by atoms with van der Waals surface area (Å²) in [7, 11) is 6.01. The van der Waals surface area contributed by atoms with Crippen molar-refractivity contribution in [3.05, 3.63) is 59.2 Å². The summed E-state index contributed by atoms with van der Waals surface area (Å²) in [4.78, 5) is 2.64. The number of rotatable bonds is 6. The summed E-state index contributed by atoms with van der Waals surface area (Å²) in [5.41, 5.74) is 3.70. The summed E-state index contributed by atoms with van der Waals surface area (Å²) in [5.74, 6) is 1.85. The van der Waals surface area contributed by atoms with Gasteiger partial charge in [0.1, 0.15) is 11.7 Å². The maximum atomic E-state index is 7.09. The Balaban J connectivity index is 1.36. The molecule has 4 aliphatic carbocycles. The lowest BCUT2D eigenvalue weighted by molar-refractivity contribution is -0.313. The first-order chi connectivity index (χ1) is 16.9. The van der Waals surface area contributed by atoms with E-state index in [0.29, 0.717) is 19.3 Å². The fraction of sp³-hybridized carbons (Fsp3) is 0.600. The first kappa shape index (κ1) is 22.1. The molecule has 2 aliphatic heterocycles. The molecule has 2 aromatic rings. The number of hydrogen-bond acceptors (Lipinski definition) is 5. The van der Waals surface area contributed by atoms with Crippen molar-refractivity contribution in [1.29, 1.82) is 0 Å². The highest BCUT2D eigenvalue weighted by atomic mass is 16.6. The SMILES string of the molecule is COc1ccc2c3c1O[C@H]1[C@@]4(OC)CC[C@@]5(C[C@]4(C)COCc4ccccc4)[C@@H](C2)N(C)CC[C@]315. The molecular weight excluding hydrogens is 438 g/mol. The van der Waals surface area contributed by atoms with Crippen LogP contribution in [0, 0.1) is 10.8 Å². The van der Waals surface area contributed by atoms with Crippen LogP contribution in [0.5, 0.6) is 11.5 Å². The predicted octanol–water partition coefficient (Wildman–Crippen LogP) is 4.75. The minimum absolute atomic E-state index is 0.0190. The quantitative estimate of drug-likeness (QED) is 0.603. The van der Waals surface area contributed by atoms with Crippen LogP contribution in [0.2, 0.25) is 0 Å². The molecule has 1 saturated heterocycles. The standard InChI is InChI=1S/C30H37NO4/c1-27(19-34-17-20-8-6-5-7-9-20)18-28-12-13-30(27,33-4)26-29(28)14-15-31(2)23(28)16-21-10-11-22(32-3)25(35-26)24(21)29/h5-11,23,26H,12-19H2,1-4H3/t23-,26-,27-,28-,29+,30+/m1/s1. The third-order valence-electron chi connectivity index (χ3n) is 10.9. The molecule has 3 saturated carbocycles. The van der Waals surface area contributed by atoms with Crippen molar-refractivity contribution in [2.75, 3.05) is 34.4 Å². The first-order valence-corrected chi connectivity index (χ1v) is 13.2. The van der Waals surface area contributed by atoms with Gasteiger partial charge in [0, 0.05) is 35.0 Å². The number of likely N-dealkylation sites (N-methyl/N-ethyl adjacent to an activating group) is 1. The van der Waals surface area contributed by atoms with Gasteiger partial charge in [-0.2, -0.15) is 0 Å². The van der Waals surface area contributed by atoms with E-state index in [-0.39, 0.29) is 22.3 Å². The molecule has 4 fully saturated rings. The number of ether oxygens (including phenoxy) is 4. The van der Waals surface area contributed by atoms with Gasteiger partial charge in [0.15, 0.2) is 11.5 Å². The second-order valence-electron chi connectivity index (χ2n) is 12.0. The van der Waals surface area contributed by atoms with Crippen molar-refractivity contribution in [3.8, 4) is 11.5 Å². The second-order valence-corrected chi connectivity index (χ2v) is 12.0. The van der Waals surface area contributed by atoms with Crippen LogP contribution in [0.1, 0.15) is 49.3 Å². The average molecular weight is 476 g/mol. The largest absolute Gasteiger partial charge is 0.493 e. The highest BCUT2D eigenvalue weighted by Crippen LogP contribution is 2.78. The van der Waals surface area contributed by atoms with Gasteiger partial charge in [-0.1, -0.05) is 43.3 Å². The lowest BCUT2D eigenvalue weighted by Crippen LogP contribution is -2.83. The molecule has 2 aromatic carbocycles. The molecule has 0 N–H and O–H groups in total. The van der Waals surface area contributed by atoms with Crippen molar-refractivity contribution >= 4 is 0 Å². The number of fused-ring (bicyclic) bond motifs is 2. The van der Waals surface area contributed by atoms with Crippen LogP contribution >= 0.6 is 0 Å². The van der Waals surface area contributed by atoms with Gasteiger partial charge in [-0.3, -0.25) is 0 Å². The molecule has 5 heteroatoms. The molecule has 2 spiro atoms. The van der Waals surface area contributed by atoms with Crippen LogP contribution in [-0.2, 0) is 27.9 Å². The number of nitrogens with zero attached hydrogens (tertiary/aromatic N) is 1. The van der Waals surface area contributed by atoms with E-state index < -0.39 is 5.60 Å². The van der Waals surface area contributed by atoms with Crippen LogP contribution in [0.3, 0.4) is 0 Å². The third kappa shape index (κ3) is 2.45. The minimum atomic E-state index is -0.398. The molecule has 2 heterocycles. The summed E-state index contributed by atoms with van der Waals surface area (Å²) >= 11 is 0. The number of methoxy groups -OCH3 is 2. The number of likely N-dealkylation sites (tertiary alicyclic amines) is 1. The van der Waals surface area contributed by atoms with E-state index in [2.05, 4.69) is 61.3 Å². The molecule has 0 aromatic heterocycles. The van der Waals surface area contributed by atoms with Crippen LogP contribution in [-0.4, -0.2) is 57.1 Å². The Labute approximate surface area is 208 Å². The van der Waals surface area contributed by atoms with Gasteiger partial charge in [0.2, 0.25) is 0 Å². The summed E-state index contributed by atoms with van der Waals surface area (Å²) < 4.78 is 26.1. The Morgan fingerprint density at radius 3 is 2.66 bits per heavy atom. The van der Waals surface area contributed by atoms with Crippen molar-refractivity contribution in [2.24, 2.45) is 10.8 Å². The lowest BCUT2D eigenvalue weighted by Gasteiger charge is -2.76. The Morgan fingerprint density at radius 2 is 1.89 bits per heavy atom. The van der Waals surface area contributed by atoms with E-state index >= 15 is 0 Å². The fourth-order valence-corrected chi connectivity index (χ4v) is 9.54. The van der Waals surface area contributed by atoms with Gasteiger partial charge in [-0.25, -0.2) is 0 Å². The lowest BCUT2D eigenvalue weighted by atomic mass is 9.32. The van der Waals surface area contributed by atoms with E-state index in [1.165, 1.54) is 23.1 Å². The summed E-state index contributed by atoms with van der Waals surface area (Å²) in [5, 5.41) is 0. The van der Waals surface area contributed by atoms with Crippen molar-refractivity contribution in [2.45, 2.75) is 68.8 Å². The number of hydrogen-bond donors (Lipinski definition) is 0. The van der Waals surface area contributed by atoms with Crippen LogP contribution in [0.4, 0.5) is 0 Å². The normalized spacial score (nSPS) is 40.3. The van der Waals surface area contributed by atoms with E-state index in [9.17, 15) is 0 Å². The molecule has 0 unspecified atom stereocenters.